The predicted molar refractivity (Wildman–Crippen MR) is 66.8 cm³/mol. The van der Waals surface area contributed by atoms with Gasteiger partial charge >= 0.3 is 0 Å². The molecule has 2 nitrogen and oxygen atoms in total. The third kappa shape index (κ3) is 3.86. The lowest BCUT2D eigenvalue weighted by Crippen LogP contribution is -2.20. The summed E-state index contributed by atoms with van der Waals surface area (Å²) in [5.74, 6) is 1.21. The van der Waals surface area contributed by atoms with Gasteiger partial charge in [-0.05, 0) is 36.5 Å². The van der Waals surface area contributed by atoms with Gasteiger partial charge in [-0.2, -0.15) is 0 Å². The van der Waals surface area contributed by atoms with Gasteiger partial charge in [0.1, 0.15) is 5.75 Å². The Bertz CT molecular complexity index is 309. The minimum absolute atomic E-state index is 0.257. The number of hydrogen-bond donors (Lipinski definition) is 1. The van der Waals surface area contributed by atoms with Gasteiger partial charge in [0.25, 0.3) is 0 Å². The maximum absolute atomic E-state index is 10.0. The Labute approximate surface area is 98.3 Å². The van der Waals surface area contributed by atoms with Gasteiger partial charge in [0.2, 0.25) is 0 Å². The molecule has 0 radical (unpaired) electrons. The van der Waals surface area contributed by atoms with Crippen LogP contribution < -0.4 is 4.74 Å². The lowest BCUT2D eigenvalue weighted by Gasteiger charge is -2.18. The van der Waals surface area contributed by atoms with Crippen molar-refractivity contribution in [3.05, 3.63) is 29.8 Å². The minimum atomic E-state index is -0.257. The van der Waals surface area contributed by atoms with E-state index < -0.39 is 0 Å². The molecule has 0 aliphatic heterocycles. The fourth-order valence-electron chi connectivity index (χ4n) is 1.89. The molecular formula is C14H22O2. The molecule has 1 aromatic carbocycles. The standard InChI is InChI=1S/C14H22O2/c1-4-6-11(2)14(15)10-12-7-5-8-13(9-12)16-3/h5,7-9,11,14-15H,4,6,10H2,1-3H3. The Hall–Kier alpha value is -1.02. The molecule has 0 saturated carbocycles. The number of aliphatic hydroxyl groups excluding tert-OH is 1. The Balaban J connectivity index is 2.58. The van der Waals surface area contributed by atoms with Crippen molar-refractivity contribution in [2.24, 2.45) is 5.92 Å². The summed E-state index contributed by atoms with van der Waals surface area (Å²) in [6.07, 6.45) is 2.65. The second kappa shape index (κ2) is 6.54. The highest BCUT2D eigenvalue weighted by atomic mass is 16.5. The molecule has 2 atom stereocenters. The first-order valence-corrected chi connectivity index (χ1v) is 5.98. The highest BCUT2D eigenvalue weighted by molar-refractivity contribution is 5.28. The summed E-state index contributed by atoms with van der Waals surface area (Å²) >= 11 is 0. The summed E-state index contributed by atoms with van der Waals surface area (Å²) in [6.45, 7) is 4.25. The summed E-state index contributed by atoms with van der Waals surface area (Å²) in [7, 11) is 1.66. The van der Waals surface area contributed by atoms with E-state index in [-0.39, 0.29) is 6.10 Å². The maximum atomic E-state index is 10.0. The van der Waals surface area contributed by atoms with Crippen molar-refractivity contribution in [2.75, 3.05) is 7.11 Å². The SMILES string of the molecule is CCCC(C)C(O)Cc1cccc(OC)c1. The van der Waals surface area contributed by atoms with Crippen LogP contribution in [0, 0.1) is 5.92 Å². The molecule has 0 bridgehead atoms. The Morgan fingerprint density at radius 3 is 2.75 bits per heavy atom. The summed E-state index contributed by atoms with van der Waals surface area (Å²) < 4.78 is 5.16. The molecule has 0 saturated heterocycles. The van der Waals surface area contributed by atoms with E-state index in [4.69, 9.17) is 4.74 Å². The zero-order valence-corrected chi connectivity index (χ0v) is 10.4. The van der Waals surface area contributed by atoms with Crippen molar-refractivity contribution in [1.82, 2.24) is 0 Å². The monoisotopic (exact) mass is 222 g/mol. The van der Waals surface area contributed by atoms with Gasteiger partial charge in [0, 0.05) is 0 Å². The highest BCUT2D eigenvalue weighted by Crippen LogP contribution is 2.18. The molecule has 90 valence electrons. The second-order valence-corrected chi connectivity index (χ2v) is 4.39. The molecule has 2 unspecified atom stereocenters. The van der Waals surface area contributed by atoms with Crippen molar-refractivity contribution in [1.29, 1.82) is 0 Å². The zero-order chi connectivity index (χ0) is 12.0. The van der Waals surface area contributed by atoms with Gasteiger partial charge in [0.05, 0.1) is 13.2 Å². The molecule has 0 amide bonds. The van der Waals surface area contributed by atoms with Gasteiger partial charge in [0.15, 0.2) is 0 Å². The Morgan fingerprint density at radius 1 is 1.38 bits per heavy atom. The molecular weight excluding hydrogens is 200 g/mol. The number of ether oxygens (including phenoxy) is 1. The molecule has 2 heteroatoms. The molecule has 1 N–H and O–H groups in total. The summed E-state index contributed by atoms with van der Waals surface area (Å²) in [6, 6.07) is 7.91. The van der Waals surface area contributed by atoms with E-state index in [1.165, 1.54) is 0 Å². The zero-order valence-electron chi connectivity index (χ0n) is 10.4. The van der Waals surface area contributed by atoms with Crippen molar-refractivity contribution < 1.29 is 9.84 Å². The van der Waals surface area contributed by atoms with Crippen LogP contribution in [0.4, 0.5) is 0 Å². The van der Waals surface area contributed by atoms with Crippen LogP contribution >= 0.6 is 0 Å². The predicted octanol–water partition coefficient (Wildman–Crippen LogP) is 3.03. The fraction of sp³-hybridized carbons (Fsp3) is 0.571. The third-order valence-electron chi connectivity index (χ3n) is 2.98. The normalized spacial score (nSPS) is 14.5. The number of rotatable bonds is 6. The lowest BCUT2D eigenvalue weighted by atomic mass is 9.94. The number of aliphatic hydroxyl groups is 1. The van der Waals surface area contributed by atoms with E-state index in [1.807, 2.05) is 24.3 Å². The smallest absolute Gasteiger partial charge is 0.119 e. The topological polar surface area (TPSA) is 29.5 Å². The number of hydrogen-bond acceptors (Lipinski definition) is 2. The first kappa shape index (κ1) is 13.0. The van der Waals surface area contributed by atoms with Gasteiger partial charge in [-0.25, -0.2) is 0 Å². The summed E-state index contributed by atoms with van der Waals surface area (Å²) in [5, 5.41) is 10.0. The van der Waals surface area contributed by atoms with E-state index in [0.717, 1.165) is 24.2 Å². The lowest BCUT2D eigenvalue weighted by molar-refractivity contribution is 0.111. The summed E-state index contributed by atoms with van der Waals surface area (Å²) in [5.41, 5.74) is 1.13. The van der Waals surface area contributed by atoms with E-state index in [1.54, 1.807) is 7.11 Å². The van der Waals surface area contributed by atoms with Crippen molar-refractivity contribution in [3.63, 3.8) is 0 Å². The van der Waals surface area contributed by atoms with Gasteiger partial charge in [-0.1, -0.05) is 32.4 Å². The first-order valence-electron chi connectivity index (χ1n) is 5.98. The largest absolute Gasteiger partial charge is 0.497 e. The van der Waals surface area contributed by atoms with E-state index in [2.05, 4.69) is 13.8 Å². The van der Waals surface area contributed by atoms with Crippen LogP contribution in [0.25, 0.3) is 0 Å². The van der Waals surface area contributed by atoms with Crippen LogP contribution in [0.3, 0.4) is 0 Å². The van der Waals surface area contributed by atoms with Crippen LogP contribution in [0.15, 0.2) is 24.3 Å². The second-order valence-electron chi connectivity index (χ2n) is 4.39. The Kier molecular flexibility index (Phi) is 5.33. The Morgan fingerprint density at radius 2 is 2.12 bits per heavy atom. The molecule has 1 rings (SSSR count). The van der Waals surface area contributed by atoms with E-state index in [0.29, 0.717) is 12.3 Å². The molecule has 0 aliphatic rings. The van der Waals surface area contributed by atoms with E-state index >= 15 is 0 Å². The van der Waals surface area contributed by atoms with Crippen molar-refractivity contribution in [3.8, 4) is 5.75 Å². The van der Waals surface area contributed by atoms with Gasteiger partial charge < -0.3 is 9.84 Å². The maximum Gasteiger partial charge on any atom is 0.119 e. The molecule has 1 aromatic rings. The molecule has 0 spiro atoms. The minimum Gasteiger partial charge on any atom is -0.497 e. The van der Waals surface area contributed by atoms with Crippen LogP contribution in [0.5, 0.6) is 5.75 Å². The first-order chi connectivity index (χ1) is 7.67. The average Bonchev–Trinajstić information content (AvgIpc) is 2.29. The molecule has 16 heavy (non-hydrogen) atoms. The molecule has 0 aromatic heterocycles. The number of methoxy groups -OCH3 is 1. The third-order valence-corrected chi connectivity index (χ3v) is 2.98. The molecule has 0 aliphatic carbocycles. The van der Waals surface area contributed by atoms with Crippen LogP contribution in [-0.2, 0) is 6.42 Å². The fourth-order valence-corrected chi connectivity index (χ4v) is 1.89. The molecule has 0 fully saturated rings. The highest BCUT2D eigenvalue weighted by Gasteiger charge is 2.13. The number of benzene rings is 1. The average molecular weight is 222 g/mol. The molecule has 0 heterocycles. The van der Waals surface area contributed by atoms with Gasteiger partial charge in [-0.15, -0.1) is 0 Å². The van der Waals surface area contributed by atoms with Crippen molar-refractivity contribution in [2.45, 2.75) is 39.2 Å². The van der Waals surface area contributed by atoms with Gasteiger partial charge in [-0.3, -0.25) is 0 Å². The quantitative estimate of drug-likeness (QED) is 0.801. The van der Waals surface area contributed by atoms with E-state index in [9.17, 15) is 5.11 Å². The van der Waals surface area contributed by atoms with Crippen molar-refractivity contribution >= 4 is 0 Å². The van der Waals surface area contributed by atoms with Crippen LogP contribution in [0.2, 0.25) is 0 Å². The van der Waals surface area contributed by atoms with Crippen LogP contribution in [-0.4, -0.2) is 18.3 Å². The summed E-state index contributed by atoms with van der Waals surface area (Å²) in [4.78, 5) is 0. The van der Waals surface area contributed by atoms with Crippen LogP contribution in [0.1, 0.15) is 32.3 Å².